The van der Waals surface area contributed by atoms with Gasteiger partial charge in [-0.1, -0.05) is 30.3 Å². The maximum atomic E-state index is 12.2. The van der Waals surface area contributed by atoms with E-state index in [1.807, 2.05) is 18.2 Å². The van der Waals surface area contributed by atoms with Crippen LogP contribution in [0.3, 0.4) is 0 Å². The summed E-state index contributed by atoms with van der Waals surface area (Å²) in [6.07, 6.45) is 0.792. The fourth-order valence-corrected chi connectivity index (χ4v) is 2.39. The molecule has 3 heteroatoms. The molecule has 0 aliphatic heterocycles. The first kappa shape index (κ1) is 11.5. The van der Waals surface area contributed by atoms with E-state index < -0.39 is 0 Å². The summed E-state index contributed by atoms with van der Waals surface area (Å²) in [6.45, 7) is 0. The van der Waals surface area contributed by atoms with Gasteiger partial charge < -0.3 is 5.32 Å². The van der Waals surface area contributed by atoms with Crippen LogP contribution < -0.4 is 5.32 Å². The van der Waals surface area contributed by atoms with Gasteiger partial charge in [0.1, 0.15) is 0 Å². The standard InChI is InChI=1S/C16H12N2O/c17-10-11-4-3-6-13(8-11)18-16(19)15-9-12-5-1-2-7-14(12)15/h1-8,15H,9H2,(H,18,19). The number of rotatable bonds is 2. The molecule has 2 aromatic carbocycles. The lowest BCUT2D eigenvalue weighted by atomic mass is 9.77. The quantitative estimate of drug-likeness (QED) is 0.888. The number of carbonyl (C=O) groups is 1. The second-order valence-electron chi connectivity index (χ2n) is 4.64. The number of fused-ring (bicyclic) bond motifs is 1. The van der Waals surface area contributed by atoms with E-state index in [1.165, 1.54) is 5.56 Å². The molecule has 0 saturated carbocycles. The van der Waals surface area contributed by atoms with Crippen molar-refractivity contribution in [2.75, 3.05) is 5.32 Å². The predicted molar refractivity (Wildman–Crippen MR) is 72.7 cm³/mol. The summed E-state index contributed by atoms with van der Waals surface area (Å²) in [6, 6.07) is 17.0. The lowest BCUT2D eigenvalue weighted by molar-refractivity contribution is -0.118. The maximum Gasteiger partial charge on any atom is 0.232 e. The number of benzene rings is 2. The number of hydrogen-bond donors (Lipinski definition) is 1. The second kappa shape index (κ2) is 4.58. The van der Waals surface area contributed by atoms with E-state index in [4.69, 9.17) is 5.26 Å². The van der Waals surface area contributed by atoms with Gasteiger partial charge in [-0.3, -0.25) is 4.79 Å². The Morgan fingerprint density at radius 2 is 2.05 bits per heavy atom. The number of amides is 1. The molecule has 1 atom stereocenters. The fourth-order valence-electron chi connectivity index (χ4n) is 2.39. The van der Waals surface area contributed by atoms with E-state index >= 15 is 0 Å². The molecule has 92 valence electrons. The number of nitrogens with zero attached hydrogens (tertiary/aromatic N) is 1. The molecule has 0 fully saturated rings. The summed E-state index contributed by atoms with van der Waals surface area (Å²) in [5.74, 6) is -0.0734. The maximum absolute atomic E-state index is 12.2. The zero-order valence-corrected chi connectivity index (χ0v) is 10.3. The average Bonchev–Trinajstić information content (AvgIpc) is 2.40. The van der Waals surface area contributed by atoms with Crippen molar-refractivity contribution < 1.29 is 4.79 Å². The van der Waals surface area contributed by atoms with Crippen molar-refractivity contribution >= 4 is 11.6 Å². The molecule has 0 radical (unpaired) electrons. The van der Waals surface area contributed by atoms with E-state index in [1.54, 1.807) is 24.3 Å². The molecule has 1 aliphatic carbocycles. The molecule has 19 heavy (non-hydrogen) atoms. The van der Waals surface area contributed by atoms with E-state index in [0.29, 0.717) is 11.3 Å². The van der Waals surface area contributed by atoms with Gasteiger partial charge in [0.25, 0.3) is 0 Å². The minimum absolute atomic E-state index is 0.00575. The Balaban J connectivity index is 1.75. The average molecular weight is 248 g/mol. The third-order valence-electron chi connectivity index (χ3n) is 3.43. The van der Waals surface area contributed by atoms with Crippen LogP contribution in [0.5, 0.6) is 0 Å². The Bertz CT molecular complexity index is 685. The van der Waals surface area contributed by atoms with Gasteiger partial charge in [0.2, 0.25) is 5.91 Å². The van der Waals surface area contributed by atoms with Gasteiger partial charge in [0.05, 0.1) is 17.6 Å². The van der Waals surface area contributed by atoms with Gasteiger partial charge in [-0.15, -0.1) is 0 Å². The molecule has 1 N–H and O–H groups in total. The molecule has 0 aromatic heterocycles. The molecular formula is C16H12N2O. The van der Waals surface area contributed by atoms with Gasteiger partial charge in [-0.25, -0.2) is 0 Å². The molecular weight excluding hydrogens is 236 g/mol. The molecule has 3 rings (SSSR count). The Kier molecular flexibility index (Phi) is 2.77. The van der Waals surface area contributed by atoms with Crippen molar-refractivity contribution in [3.8, 4) is 6.07 Å². The number of anilines is 1. The third kappa shape index (κ3) is 2.09. The minimum atomic E-state index is -0.0676. The van der Waals surface area contributed by atoms with Crippen molar-refractivity contribution in [3.63, 3.8) is 0 Å². The molecule has 0 spiro atoms. The van der Waals surface area contributed by atoms with Crippen LogP contribution in [-0.2, 0) is 11.2 Å². The highest BCUT2D eigenvalue weighted by Crippen LogP contribution is 2.35. The summed E-state index contributed by atoms with van der Waals surface area (Å²) in [4.78, 5) is 12.2. The normalized spacial score (nSPS) is 15.8. The van der Waals surface area contributed by atoms with Crippen LogP contribution in [0.1, 0.15) is 22.6 Å². The van der Waals surface area contributed by atoms with Gasteiger partial charge in [0, 0.05) is 5.69 Å². The second-order valence-corrected chi connectivity index (χ2v) is 4.64. The summed E-state index contributed by atoms with van der Waals surface area (Å²) in [5, 5.41) is 11.7. The summed E-state index contributed by atoms with van der Waals surface area (Å²) < 4.78 is 0. The fraction of sp³-hybridized carbons (Fsp3) is 0.125. The van der Waals surface area contributed by atoms with Crippen LogP contribution >= 0.6 is 0 Å². The first-order chi connectivity index (χ1) is 9.28. The van der Waals surface area contributed by atoms with Crippen molar-refractivity contribution in [2.45, 2.75) is 12.3 Å². The number of hydrogen-bond acceptors (Lipinski definition) is 2. The Hall–Kier alpha value is -2.60. The van der Waals surface area contributed by atoms with Gasteiger partial charge in [-0.05, 0) is 35.7 Å². The van der Waals surface area contributed by atoms with Crippen molar-refractivity contribution in [2.24, 2.45) is 0 Å². The number of nitrogens with one attached hydrogen (secondary N) is 1. The van der Waals surface area contributed by atoms with Crippen LogP contribution in [0, 0.1) is 11.3 Å². The Labute approximate surface area is 111 Å². The van der Waals surface area contributed by atoms with Crippen LogP contribution in [0.25, 0.3) is 0 Å². The van der Waals surface area contributed by atoms with Crippen LogP contribution in [0.15, 0.2) is 48.5 Å². The summed E-state index contributed by atoms with van der Waals surface area (Å²) in [7, 11) is 0. The molecule has 0 heterocycles. The SMILES string of the molecule is N#Cc1cccc(NC(=O)C2Cc3ccccc32)c1. The smallest absolute Gasteiger partial charge is 0.232 e. The van der Waals surface area contributed by atoms with E-state index in [9.17, 15) is 4.79 Å². The third-order valence-corrected chi connectivity index (χ3v) is 3.43. The lowest BCUT2D eigenvalue weighted by Crippen LogP contribution is -2.30. The monoisotopic (exact) mass is 248 g/mol. The van der Waals surface area contributed by atoms with Crippen LogP contribution in [-0.4, -0.2) is 5.91 Å². The topological polar surface area (TPSA) is 52.9 Å². The molecule has 2 aromatic rings. The van der Waals surface area contributed by atoms with Crippen LogP contribution in [0.4, 0.5) is 5.69 Å². The van der Waals surface area contributed by atoms with Crippen molar-refractivity contribution in [1.29, 1.82) is 5.26 Å². The summed E-state index contributed by atoms with van der Waals surface area (Å²) >= 11 is 0. The highest BCUT2D eigenvalue weighted by atomic mass is 16.1. The predicted octanol–water partition coefficient (Wildman–Crippen LogP) is 2.84. The first-order valence-electron chi connectivity index (χ1n) is 6.17. The highest BCUT2D eigenvalue weighted by molar-refractivity contribution is 5.97. The Morgan fingerprint density at radius 1 is 1.21 bits per heavy atom. The Morgan fingerprint density at radius 3 is 2.84 bits per heavy atom. The summed E-state index contributed by atoms with van der Waals surface area (Å²) in [5.41, 5.74) is 3.57. The van der Waals surface area contributed by atoms with E-state index in [0.717, 1.165) is 12.0 Å². The van der Waals surface area contributed by atoms with Crippen LogP contribution in [0.2, 0.25) is 0 Å². The number of nitriles is 1. The van der Waals surface area contributed by atoms with Crippen molar-refractivity contribution in [3.05, 3.63) is 65.2 Å². The highest BCUT2D eigenvalue weighted by Gasteiger charge is 2.31. The van der Waals surface area contributed by atoms with E-state index in [2.05, 4.69) is 17.5 Å². The minimum Gasteiger partial charge on any atom is -0.326 e. The van der Waals surface area contributed by atoms with Crippen molar-refractivity contribution in [1.82, 2.24) is 0 Å². The lowest BCUT2D eigenvalue weighted by Gasteiger charge is -2.28. The van der Waals surface area contributed by atoms with Gasteiger partial charge in [0.15, 0.2) is 0 Å². The van der Waals surface area contributed by atoms with Gasteiger partial charge in [-0.2, -0.15) is 5.26 Å². The molecule has 3 nitrogen and oxygen atoms in total. The molecule has 1 amide bonds. The first-order valence-corrected chi connectivity index (χ1v) is 6.17. The largest absolute Gasteiger partial charge is 0.326 e. The van der Waals surface area contributed by atoms with E-state index in [-0.39, 0.29) is 11.8 Å². The molecule has 1 unspecified atom stereocenters. The zero-order valence-electron chi connectivity index (χ0n) is 10.3. The molecule has 0 saturated heterocycles. The zero-order chi connectivity index (χ0) is 13.2. The molecule has 0 bridgehead atoms. The molecule has 1 aliphatic rings. The number of carbonyl (C=O) groups excluding carboxylic acids is 1. The van der Waals surface area contributed by atoms with Gasteiger partial charge >= 0.3 is 0 Å².